The first-order chi connectivity index (χ1) is 10.1. The average Bonchev–Trinajstić information content (AvgIpc) is 2.46. The molecule has 0 atom stereocenters. The summed E-state index contributed by atoms with van der Waals surface area (Å²) in [5.41, 5.74) is -0.783. The number of carbonyl (C=O) groups excluding carboxylic acids is 2. The van der Waals surface area contributed by atoms with Crippen LogP contribution in [0.4, 0.5) is 0 Å². The van der Waals surface area contributed by atoms with Crippen LogP contribution in [0.5, 0.6) is 0 Å². The number of ether oxygens (including phenoxy) is 2. The van der Waals surface area contributed by atoms with Crippen molar-refractivity contribution in [1.82, 2.24) is 0 Å². The molecule has 0 aliphatic carbocycles. The molecule has 22 heavy (non-hydrogen) atoms. The van der Waals surface area contributed by atoms with Gasteiger partial charge in [0.15, 0.2) is 0 Å². The fourth-order valence-corrected chi connectivity index (χ4v) is 1.42. The van der Waals surface area contributed by atoms with E-state index in [4.69, 9.17) is 9.47 Å². The zero-order chi connectivity index (χ0) is 17.0. The quantitative estimate of drug-likeness (QED) is 0.590. The Morgan fingerprint density at radius 3 is 1.32 bits per heavy atom. The van der Waals surface area contributed by atoms with E-state index in [1.165, 1.54) is 24.3 Å². The molecule has 0 spiro atoms. The number of carbonyl (C=O) groups is 2. The van der Waals surface area contributed by atoms with Crippen LogP contribution in [0.2, 0.25) is 0 Å². The van der Waals surface area contributed by atoms with Gasteiger partial charge in [0, 0.05) is 0 Å². The number of hydrogen-bond donors (Lipinski definition) is 0. The second-order valence-electron chi connectivity index (χ2n) is 5.97. The molecule has 0 aromatic heterocycles. The maximum atomic E-state index is 12.0. The van der Waals surface area contributed by atoms with Gasteiger partial charge < -0.3 is 9.47 Å². The van der Waals surface area contributed by atoms with Gasteiger partial charge in [-0.1, -0.05) is 13.2 Å². The Labute approximate surface area is 131 Å². The molecule has 0 aliphatic heterocycles. The lowest BCUT2D eigenvalue weighted by molar-refractivity contribution is 0.0157. The van der Waals surface area contributed by atoms with Crippen molar-refractivity contribution in [3.63, 3.8) is 0 Å². The molecule has 0 heterocycles. The van der Waals surface area contributed by atoms with Crippen LogP contribution in [0.1, 0.15) is 48.4 Å². The van der Waals surface area contributed by atoms with Gasteiger partial charge in [-0.2, -0.15) is 0 Å². The summed E-state index contributed by atoms with van der Waals surface area (Å²) in [6.45, 7) is 14.2. The fourth-order valence-electron chi connectivity index (χ4n) is 1.42. The molecule has 0 amide bonds. The molecule has 4 nitrogen and oxygen atoms in total. The minimum absolute atomic E-state index is 0.356. The Hall–Kier alpha value is -2.36. The molecule has 0 unspecified atom stereocenters. The van der Waals surface area contributed by atoms with Crippen LogP contribution in [0.15, 0.2) is 49.6 Å². The Morgan fingerprint density at radius 2 is 1.09 bits per heavy atom. The van der Waals surface area contributed by atoms with Gasteiger partial charge >= 0.3 is 11.9 Å². The number of hydrogen-bond acceptors (Lipinski definition) is 4. The van der Waals surface area contributed by atoms with Gasteiger partial charge in [0.25, 0.3) is 0 Å². The highest BCUT2D eigenvalue weighted by molar-refractivity contribution is 5.93. The third-order valence-electron chi connectivity index (χ3n) is 3.05. The van der Waals surface area contributed by atoms with E-state index in [2.05, 4.69) is 13.2 Å². The first-order valence-electron chi connectivity index (χ1n) is 6.94. The molecule has 1 rings (SSSR count). The van der Waals surface area contributed by atoms with Crippen molar-refractivity contribution in [2.24, 2.45) is 0 Å². The van der Waals surface area contributed by atoms with E-state index >= 15 is 0 Å². The van der Waals surface area contributed by atoms with Crippen LogP contribution in [0, 0.1) is 0 Å². The molecule has 118 valence electrons. The van der Waals surface area contributed by atoms with E-state index in [-0.39, 0.29) is 0 Å². The van der Waals surface area contributed by atoms with Crippen LogP contribution >= 0.6 is 0 Å². The third-order valence-corrected chi connectivity index (χ3v) is 3.05. The molecular formula is C18H22O4. The predicted octanol–water partition coefficient (Wildman–Crippen LogP) is 3.93. The summed E-state index contributed by atoms with van der Waals surface area (Å²) in [7, 11) is 0. The molecule has 0 bridgehead atoms. The molecule has 1 aromatic carbocycles. The van der Waals surface area contributed by atoms with Crippen LogP contribution in [0.25, 0.3) is 0 Å². The summed E-state index contributed by atoms with van der Waals surface area (Å²) in [4.78, 5) is 24.0. The molecule has 0 fully saturated rings. The lowest BCUT2D eigenvalue weighted by Crippen LogP contribution is -2.26. The Kier molecular flexibility index (Phi) is 5.31. The Balaban J connectivity index is 2.83. The Bertz CT molecular complexity index is 527. The topological polar surface area (TPSA) is 52.6 Å². The van der Waals surface area contributed by atoms with Gasteiger partial charge in [0.05, 0.1) is 11.1 Å². The Morgan fingerprint density at radius 1 is 0.818 bits per heavy atom. The largest absolute Gasteiger partial charge is 0.452 e. The van der Waals surface area contributed by atoms with Crippen molar-refractivity contribution in [1.29, 1.82) is 0 Å². The van der Waals surface area contributed by atoms with Crippen LogP contribution < -0.4 is 0 Å². The molecule has 0 aliphatic rings. The summed E-state index contributed by atoms with van der Waals surface area (Å²) in [6.07, 6.45) is 3.10. The number of benzene rings is 1. The number of rotatable bonds is 6. The van der Waals surface area contributed by atoms with E-state index < -0.39 is 23.1 Å². The average molecular weight is 302 g/mol. The maximum absolute atomic E-state index is 12.0. The van der Waals surface area contributed by atoms with Gasteiger partial charge in [-0.05, 0) is 64.1 Å². The normalized spacial score (nSPS) is 11.5. The predicted molar refractivity (Wildman–Crippen MR) is 85.8 cm³/mol. The fraction of sp³-hybridized carbons (Fsp3) is 0.333. The lowest BCUT2D eigenvalue weighted by atomic mass is 10.1. The summed E-state index contributed by atoms with van der Waals surface area (Å²) < 4.78 is 10.6. The van der Waals surface area contributed by atoms with Gasteiger partial charge in [-0.15, -0.1) is 0 Å². The van der Waals surface area contributed by atoms with Gasteiger partial charge in [-0.25, -0.2) is 9.59 Å². The van der Waals surface area contributed by atoms with E-state index in [0.29, 0.717) is 11.1 Å². The van der Waals surface area contributed by atoms with Crippen molar-refractivity contribution in [3.05, 3.63) is 60.7 Å². The first kappa shape index (κ1) is 17.7. The highest BCUT2D eigenvalue weighted by Crippen LogP contribution is 2.17. The second kappa shape index (κ2) is 6.60. The zero-order valence-electron chi connectivity index (χ0n) is 13.5. The summed E-state index contributed by atoms with van der Waals surface area (Å²) in [5.74, 6) is -0.951. The maximum Gasteiger partial charge on any atom is 0.338 e. The SMILES string of the molecule is C=CC(C)(C)OC(=O)c1ccc(C(=O)OC(C)(C)C=C)cc1. The standard InChI is InChI=1S/C18H22O4/c1-7-17(3,4)21-15(19)13-9-11-14(12-10-13)16(20)22-18(5,6)8-2/h7-12H,1-2H2,3-6H3. The lowest BCUT2D eigenvalue weighted by Gasteiger charge is -2.21. The van der Waals surface area contributed by atoms with Crippen LogP contribution in [-0.4, -0.2) is 23.1 Å². The van der Waals surface area contributed by atoms with E-state index in [0.717, 1.165) is 0 Å². The monoisotopic (exact) mass is 302 g/mol. The number of esters is 2. The van der Waals surface area contributed by atoms with Crippen LogP contribution in [0.3, 0.4) is 0 Å². The van der Waals surface area contributed by atoms with Gasteiger partial charge in [-0.3, -0.25) is 0 Å². The van der Waals surface area contributed by atoms with E-state index in [1.54, 1.807) is 39.8 Å². The van der Waals surface area contributed by atoms with E-state index in [1.807, 2.05) is 0 Å². The van der Waals surface area contributed by atoms with Crippen molar-refractivity contribution in [3.8, 4) is 0 Å². The second-order valence-corrected chi connectivity index (χ2v) is 5.97. The molecule has 0 radical (unpaired) electrons. The zero-order valence-corrected chi connectivity index (χ0v) is 13.5. The minimum Gasteiger partial charge on any atom is -0.452 e. The van der Waals surface area contributed by atoms with Crippen molar-refractivity contribution < 1.29 is 19.1 Å². The summed E-state index contributed by atoms with van der Waals surface area (Å²) in [5, 5.41) is 0. The third kappa shape index (κ3) is 4.88. The van der Waals surface area contributed by atoms with Gasteiger partial charge in [0.2, 0.25) is 0 Å². The molecular weight excluding hydrogens is 280 g/mol. The molecule has 4 heteroatoms. The highest BCUT2D eigenvalue weighted by Gasteiger charge is 2.22. The first-order valence-corrected chi connectivity index (χ1v) is 6.94. The van der Waals surface area contributed by atoms with E-state index in [9.17, 15) is 9.59 Å². The highest BCUT2D eigenvalue weighted by atomic mass is 16.6. The molecule has 0 saturated carbocycles. The van der Waals surface area contributed by atoms with Crippen molar-refractivity contribution >= 4 is 11.9 Å². The molecule has 1 aromatic rings. The minimum atomic E-state index is -0.747. The van der Waals surface area contributed by atoms with Crippen LogP contribution in [-0.2, 0) is 9.47 Å². The van der Waals surface area contributed by atoms with Crippen molar-refractivity contribution in [2.75, 3.05) is 0 Å². The molecule has 0 saturated heterocycles. The smallest absolute Gasteiger partial charge is 0.338 e. The summed E-state index contributed by atoms with van der Waals surface area (Å²) in [6, 6.07) is 6.11. The summed E-state index contributed by atoms with van der Waals surface area (Å²) >= 11 is 0. The van der Waals surface area contributed by atoms with Gasteiger partial charge in [0.1, 0.15) is 11.2 Å². The van der Waals surface area contributed by atoms with Crippen molar-refractivity contribution in [2.45, 2.75) is 38.9 Å². The molecule has 0 N–H and O–H groups in total.